The van der Waals surface area contributed by atoms with Crippen LogP contribution in [0.1, 0.15) is 13.3 Å². The van der Waals surface area contributed by atoms with Gasteiger partial charge in [0, 0.05) is 23.1 Å². The SMILES string of the molecule is CCC(=O)Nc1ccc(-c2csc(-c3ccccc3OC)n2)cc1. The Hall–Kier alpha value is -2.66. The lowest BCUT2D eigenvalue weighted by Gasteiger charge is -2.05. The van der Waals surface area contributed by atoms with Gasteiger partial charge in [0.1, 0.15) is 10.8 Å². The van der Waals surface area contributed by atoms with E-state index in [-0.39, 0.29) is 5.91 Å². The number of nitrogens with zero attached hydrogens (tertiary/aromatic N) is 1. The fourth-order valence-corrected chi connectivity index (χ4v) is 3.18. The molecule has 0 spiro atoms. The Bertz CT molecular complexity index is 841. The molecule has 5 heteroatoms. The van der Waals surface area contributed by atoms with Crippen LogP contribution in [0.25, 0.3) is 21.8 Å². The van der Waals surface area contributed by atoms with E-state index >= 15 is 0 Å². The molecule has 0 aliphatic carbocycles. The standard InChI is InChI=1S/C19H18N2O2S/c1-3-18(22)20-14-10-8-13(9-11-14)16-12-24-19(21-16)15-6-4-5-7-17(15)23-2/h4-12H,3H2,1-2H3,(H,20,22). The molecular weight excluding hydrogens is 320 g/mol. The molecule has 2 aromatic carbocycles. The van der Waals surface area contributed by atoms with Crippen molar-refractivity contribution in [3.63, 3.8) is 0 Å². The summed E-state index contributed by atoms with van der Waals surface area (Å²) in [7, 11) is 1.66. The number of rotatable bonds is 5. The van der Waals surface area contributed by atoms with E-state index in [4.69, 9.17) is 9.72 Å². The number of hydrogen-bond donors (Lipinski definition) is 1. The van der Waals surface area contributed by atoms with Crippen molar-refractivity contribution < 1.29 is 9.53 Å². The van der Waals surface area contributed by atoms with Crippen molar-refractivity contribution in [2.24, 2.45) is 0 Å². The summed E-state index contributed by atoms with van der Waals surface area (Å²) in [5.41, 5.74) is 3.71. The van der Waals surface area contributed by atoms with E-state index in [9.17, 15) is 4.79 Å². The highest BCUT2D eigenvalue weighted by atomic mass is 32.1. The Morgan fingerprint density at radius 2 is 1.92 bits per heavy atom. The summed E-state index contributed by atoms with van der Waals surface area (Å²) in [5.74, 6) is 0.825. The average Bonchev–Trinajstić information content (AvgIpc) is 3.12. The van der Waals surface area contributed by atoms with E-state index in [0.29, 0.717) is 6.42 Å². The molecule has 4 nitrogen and oxygen atoms in total. The van der Waals surface area contributed by atoms with Gasteiger partial charge in [-0.15, -0.1) is 11.3 Å². The number of carbonyl (C=O) groups excluding carboxylic acids is 1. The smallest absolute Gasteiger partial charge is 0.224 e. The number of methoxy groups -OCH3 is 1. The Labute approximate surface area is 145 Å². The van der Waals surface area contributed by atoms with Crippen LogP contribution >= 0.6 is 11.3 Å². The van der Waals surface area contributed by atoms with Crippen molar-refractivity contribution in [2.45, 2.75) is 13.3 Å². The molecule has 0 atom stereocenters. The highest BCUT2D eigenvalue weighted by Gasteiger charge is 2.11. The molecule has 3 aromatic rings. The molecule has 0 radical (unpaired) electrons. The number of carbonyl (C=O) groups is 1. The van der Waals surface area contributed by atoms with Crippen LogP contribution in [-0.4, -0.2) is 18.0 Å². The van der Waals surface area contributed by atoms with E-state index in [1.165, 1.54) is 0 Å². The van der Waals surface area contributed by atoms with E-state index in [1.807, 2.05) is 60.8 Å². The topological polar surface area (TPSA) is 51.2 Å². The number of benzene rings is 2. The maximum Gasteiger partial charge on any atom is 0.224 e. The molecule has 24 heavy (non-hydrogen) atoms. The Balaban J connectivity index is 1.84. The molecule has 0 bridgehead atoms. The maximum absolute atomic E-state index is 11.4. The first-order valence-electron chi connectivity index (χ1n) is 7.70. The highest BCUT2D eigenvalue weighted by molar-refractivity contribution is 7.13. The van der Waals surface area contributed by atoms with Crippen LogP contribution in [-0.2, 0) is 4.79 Å². The number of amides is 1. The van der Waals surface area contributed by atoms with Gasteiger partial charge in [0.15, 0.2) is 0 Å². The number of nitrogens with one attached hydrogen (secondary N) is 1. The first-order valence-corrected chi connectivity index (χ1v) is 8.58. The van der Waals surface area contributed by atoms with Crippen molar-refractivity contribution in [2.75, 3.05) is 12.4 Å². The van der Waals surface area contributed by atoms with Gasteiger partial charge < -0.3 is 10.1 Å². The fraction of sp³-hybridized carbons (Fsp3) is 0.158. The molecule has 1 N–H and O–H groups in total. The minimum Gasteiger partial charge on any atom is -0.496 e. The minimum absolute atomic E-state index is 0.00914. The van der Waals surface area contributed by atoms with Crippen molar-refractivity contribution in [1.29, 1.82) is 0 Å². The Morgan fingerprint density at radius 1 is 1.17 bits per heavy atom. The van der Waals surface area contributed by atoms with E-state index < -0.39 is 0 Å². The normalized spacial score (nSPS) is 10.4. The number of anilines is 1. The van der Waals surface area contributed by atoms with Gasteiger partial charge in [-0.05, 0) is 24.3 Å². The molecule has 0 aliphatic heterocycles. The van der Waals surface area contributed by atoms with Crippen molar-refractivity contribution in [3.8, 4) is 27.6 Å². The third-order valence-electron chi connectivity index (χ3n) is 3.63. The zero-order valence-electron chi connectivity index (χ0n) is 13.6. The van der Waals surface area contributed by atoms with Gasteiger partial charge in [-0.1, -0.05) is 31.2 Å². The quantitative estimate of drug-likeness (QED) is 0.724. The molecule has 0 fully saturated rings. The number of ether oxygens (including phenoxy) is 1. The Kier molecular flexibility index (Phi) is 4.91. The molecule has 122 valence electrons. The van der Waals surface area contributed by atoms with Gasteiger partial charge in [0.05, 0.1) is 18.4 Å². The van der Waals surface area contributed by atoms with Crippen LogP contribution in [0.2, 0.25) is 0 Å². The third kappa shape index (κ3) is 3.46. The van der Waals surface area contributed by atoms with Gasteiger partial charge in [-0.2, -0.15) is 0 Å². The lowest BCUT2D eigenvalue weighted by Crippen LogP contribution is -2.08. The van der Waals surface area contributed by atoms with Crippen LogP contribution in [0.5, 0.6) is 5.75 Å². The summed E-state index contributed by atoms with van der Waals surface area (Å²) in [6, 6.07) is 15.6. The first-order chi connectivity index (χ1) is 11.7. The van der Waals surface area contributed by atoms with Crippen LogP contribution in [0.15, 0.2) is 53.9 Å². The second-order valence-corrected chi connectivity index (χ2v) is 6.08. The molecule has 0 unspecified atom stereocenters. The second kappa shape index (κ2) is 7.27. The summed E-state index contributed by atoms with van der Waals surface area (Å²) in [6.45, 7) is 1.83. The molecule has 0 saturated carbocycles. The maximum atomic E-state index is 11.4. The van der Waals surface area contributed by atoms with Crippen LogP contribution in [0.4, 0.5) is 5.69 Å². The predicted molar refractivity (Wildman–Crippen MR) is 98.5 cm³/mol. The number of hydrogen-bond acceptors (Lipinski definition) is 4. The monoisotopic (exact) mass is 338 g/mol. The second-order valence-electron chi connectivity index (χ2n) is 5.22. The van der Waals surface area contributed by atoms with Gasteiger partial charge in [0.25, 0.3) is 0 Å². The van der Waals surface area contributed by atoms with Crippen molar-refractivity contribution in [1.82, 2.24) is 4.98 Å². The molecule has 1 aromatic heterocycles. The molecule has 1 heterocycles. The summed E-state index contributed by atoms with van der Waals surface area (Å²) in [6.07, 6.45) is 0.468. The molecule has 1 amide bonds. The average molecular weight is 338 g/mol. The first kappa shape index (κ1) is 16.2. The van der Waals surface area contributed by atoms with Gasteiger partial charge in [0.2, 0.25) is 5.91 Å². The predicted octanol–water partition coefficient (Wildman–Crippen LogP) is 4.83. The van der Waals surface area contributed by atoms with Crippen LogP contribution < -0.4 is 10.1 Å². The third-order valence-corrected chi connectivity index (χ3v) is 4.50. The molecular formula is C19H18N2O2S. The zero-order valence-corrected chi connectivity index (χ0v) is 14.4. The lowest BCUT2D eigenvalue weighted by molar-refractivity contribution is -0.115. The van der Waals surface area contributed by atoms with Crippen molar-refractivity contribution in [3.05, 3.63) is 53.9 Å². The molecule has 3 rings (SSSR count). The fourth-order valence-electron chi connectivity index (χ4n) is 2.33. The summed E-state index contributed by atoms with van der Waals surface area (Å²) in [4.78, 5) is 16.1. The zero-order chi connectivity index (χ0) is 16.9. The van der Waals surface area contributed by atoms with Crippen molar-refractivity contribution >= 4 is 22.9 Å². The summed E-state index contributed by atoms with van der Waals surface area (Å²) >= 11 is 1.58. The summed E-state index contributed by atoms with van der Waals surface area (Å²) < 4.78 is 5.40. The largest absolute Gasteiger partial charge is 0.496 e. The molecule has 0 aliphatic rings. The highest BCUT2D eigenvalue weighted by Crippen LogP contribution is 2.34. The number of aromatic nitrogens is 1. The van der Waals surface area contributed by atoms with E-state index in [1.54, 1.807) is 18.4 Å². The Morgan fingerprint density at radius 3 is 2.62 bits per heavy atom. The van der Waals surface area contributed by atoms with Gasteiger partial charge >= 0.3 is 0 Å². The summed E-state index contributed by atoms with van der Waals surface area (Å²) in [5, 5.41) is 5.79. The molecule has 0 saturated heterocycles. The van der Waals surface area contributed by atoms with Crippen LogP contribution in [0.3, 0.4) is 0 Å². The minimum atomic E-state index is 0.00914. The van der Waals surface area contributed by atoms with Gasteiger partial charge in [-0.3, -0.25) is 4.79 Å². The van der Waals surface area contributed by atoms with Gasteiger partial charge in [-0.25, -0.2) is 4.98 Å². The van der Waals surface area contributed by atoms with E-state index in [2.05, 4.69) is 5.32 Å². The van der Waals surface area contributed by atoms with E-state index in [0.717, 1.165) is 33.3 Å². The lowest BCUT2D eigenvalue weighted by atomic mass is 10.1. The van der Waals surface area contributed by atoms with Crippen LogP contribution in [0, 0.1) is 0 Å². The number of para-hydroxylation sites is 1. The number of thiazole rings is 1.